The van der Waals surface area contributed by atoms with Gasteiger partial charge < -0.3 is 11.1 Å². The summed E-state index contributed by atoms with van der Waals surface area (Å²) >= 11 is 0. The molecule has 3 nitrogen and oxygen atoms in total. The monoisotopic (exact) mass is 252 g/mol. The number of hydrogen-bond acceptors (Lipinski definition) is 2. The van der Waals surface area contributed by atoms with Crippen LogP contribution >= 0.6 is 0 Å². The van der Waals surface area contributed by atoms with Crippen LogP contribution < -0.4 is 11.1 Å². The van der Waals surface area contributed by atoms with Crippen LogP contribution in [0.1, 0.15) is 52.4 Å². The van der Waals surface area contributed by atoms with Crippen LogP contribution in [0, 0.1) is 11.8 Å². The number of carbonyl (C=O) groups is 1. The van der Waals surface area contributed by atoms with Crippen molar-refractivity contribution in [2.45, 2.75) is 52.4 Å². The molecule has 1 amide bonds. The van der Waals surface area contributed by atoms with Crippen LogP contribution in [0.5, 0.6) is 0 Å². The fourth-order valence-corrected chi connectivity index (χ4v) is 2.59. The van der Waals surface area contributed by atoms with E-state index < -0.39 is 0 Å². The minimum absolute atomic E-state index is 0.157. The molecule has 18 heavy (non-hydrogen) atoms. The number of rotatable bonds is 8. The van der Waals surface area contributed by atoms with Crippen molar-refractivity contribution in [3.8, 4) is 0 Å². The SMILES string of the molecule is CC(C)CC(CN)CC(=O)NCCC1=CCCC1. The number of allylic oxidation sites excluding steroid dienone is 1. The Kier molecular flexibility index (Phi) is 7.02. The molecule has 0 saturated heterocycles. The van der Waals surface area contributed by atoms with Crippen LogP contribution in [0.3, 0.4) is 0 Å². The maximum Gasteiger partial charge on any atom is 0.220 e. The van der Waals surface area contributed by atoms with E-state index in [1.165, 1.54) is 24.8 Å². The van der Waals surface area contributed by atoms with E-state index in [9.17, 15) is 4.79 Å². The first kappa shape index (κ1) is 15.2. The quantitative estimate of drug-likeness (QED) is 0.652. The van der Waals surface area contributed by atoms with E-state index in [1.54, 1.807) is 0 Å². The van der Waals surface area contributed by atoms with E-state index in [0.717, 1.165) is 19.4 Å². The highest BCUT2D eigenvalue weighted by atomic mass is 16.1. The highest BCUT2D eigenvalue weighted by molar-refractivity contribution is 5.76. The number of nitrogens with one attached hydrogen (secondary N) is 1. The summed E-state index contributed by atoms with van der Waals surface area (Å²) in [5.41, 5.74) is 7.22. The van der Waals surface area contributed by atoms with Gasteiger partial charge in [-0.05, 0) is 50.5 Å². The van der Waals surface area contributed by atoms with Crippen molar-refractivity contribution in [1.82, 2.24) is 5.32 Å². The lowest BCUT2D eigenvalue weighted by Gasteiger charge is -2.16. The minimum Gasteiger partial charge on any atom is -0.356 e. The van der Waals surface area contributed by atoms with Gasteiger partial charge in [0, 0.05) is 13.0 Å². The smallest absolute Gasteiger partial charge is 0.220 e. The van der Waals surface area contributed by atoms with E-state index in [2.05, 4.69) is 25.2 Å². The number of carbonyl (C=O) groups excluding carboxylic acids is 1. The van der Waals surface area contributed by atoms with Gasteiger partial charge in [0.05, 0.1) is 0 Å². The molecule has 0 fully saturated rings. The highest BCUT2D eigenvalue weighted by Gasteiger charge is 2.14. The van der Waals surface area contributed by atoms with Crippen molar-refractivity contribution in [3.63, 3.8) is 0 Å². The zero-order valence-electron chi connectivity index (χ0n) is 11.9. The Bertz CT molecular complexity index is 284. The molecule has 104 valence electrons. The lowest BCUT2D eigenvalue weighted by Crippen LogP contribution is -2.29. The van der Waals surface area contributed by atoms with Gasteiger partial charge in [-0.2, -0.15) is 0 Å². The van der Waals surface area contributed by atoms with E-state index in [0.29, 0.717) is 24.8 Å². The van der Waals surface area contributed by atoms with Crippen molar-refractivity contribution >= 4 is 5.91 Å². The van der Waals surface area contributed by atoms with E-state index >= 15 is 0 Å². The molecule has 0 spiro atoms. The molecule has 0 radical (unpaired) electrons. The molecule has 0 aromatic heterocycles. The van der Waals surface area contributed by atoms with Gasteiger partial charge in [0.25, 0.3) is 0 Å². The van der Waals surface area contributed by atoms with Gasteiger partial charge in [0.2, 0.25) is 5.91 Å². The molecule has 3 N–H and O–H groups in total. The highest BCUT2D eigenvalue weighted by Crippen LogP contribution is 2.19. The molecule has 0 aliphatic heterocycles. The number of amides is 1. The van der Waals surface area contributed by atoms with Crippen LogP contribution in [0.25, 0.3) is 0 Å². The summed E-state index contributed by atoms with van der Waals surface area (Å²) in [5, 5.41) is 3.01. The molecule has 0 aromatic rings. The van der Waals surface area contributed by atoms with Crippen LogP contribution in [-0.4, -0.2) is 19.0 Å². The predicted octanol–water partition coefficient (Wildman–Crippen LogP) is 2.61. The second-order valence-electron chi connectivity index (χ2n) is 5.79. The zero-order valence-corrected chi connectivity index (χ0v) is 11.9. The lowest BCUT2D eigenvalue weighted by atomic mass is 9.94. The van der Waals surface area contributed by atoms with Gasteiger partial charge in [0.15, 0.2) is 0 Å². The van der Waals surface area contributed by atoms with Crippen LogP contribution in [0.4, 0.5) is 0 Å². The number of hydrogen-bond donors (Lipinski definition) is 2. The predicted molar refractivity (Wildman–Crippen MR) is 76.2 cm³/mol. The van der Waals surface area contributed by atoms with Crippen molar-refractivity contribution in [2.75, 3.05) is 13.1 Å². The average Bonchev–Trinajstić information content (AvgIpc) is 2.80. The molecule has 1 aliphatic carbocycles. The molecule has 3 heteroatoms. The van der Waals surface area contributed by atoms with Gasteiger partial charge >= 0.3 is 0 Å². The van der Waals surface area contributed by atoms with Gasteiger partial charge in [-0.25, -0.2) is 0 Å². The lowest BCUT2D eigenvalue weighted by molar-refractivity contribution is -0.122. The molecule has 0 bridgehead atoms. The summed E-state index contributed by atoms with van der Waals surface area (Å²) in [5.74, 6) is 1.09. The Labute approximate surface area is 111 Å². The molecule has 0 saturated carbocycles. The van der Waals surface area contributed by atoms with Crippen LogP contribution in [0.15, 0.2) is 11.6 Å². The second-order valence-corrected chi connectivity index (χ2v) is 5.79. The first-order valence-electron chi connectivity index (χ1n) is 7.26. The third kappa shape index (κ3) is 6.20. The van der Waals surface area contributed by atoms with Crippen molar-refractivity contribution in [1.29, 1.82) is 0 Å². The van der Waals surface area contributed by atoms with Crippen LogP contribution in [0.2, 0.25) is 0 Å². The fraction of sp³-hybridized carbons (Fsp3) is 0.800. The molecule has 0 aromatic carbocycles. The van der Waals surface area contributed by atoms with Crippen molar-refractivity contribution < 1.29 is 4.79 Å². The molecule has 1 unspecified atom stereocenters. The average molecular weight is 252 g/mol. The molecule has 0 heterocycles. The van der Waals surface area contributed by atoms with Crippen LogP contribution in [-0.2, 0) is 4.79 Å². The van der Waals surface area contributed by atoms with Gasteiger partial charge in [-0.15, -0.1) is 0 Å². The zero-order chi connectivity index (χ0) is 13.4. The largest absolute Gasteiger partial charge is 0.356 e. The fourth-order valence-electron chi connectivity index (χ4n) is 2.59. The maximum atomic E-state index is 11.8. The normalized spacial score (nSPS) is 16.8. The Morgan fingerprint density at radius 2 is 2.28 bits per heavy atom. The third-order valence-corrected chi connectivity index (χ3v) is 3.52. The maximum absolute atomic E-state index is 11.8. The Morgan fingerprint density at radius 1 is 1.50 bits per heavy atom. The standard InChI is InChI=1S/C15H28N2O/c1-12(2)9-14(11-16)10-15(18)17-8-7-13-5-3-4-6-13/h5,12,14H,3-4,6-11,16H2,1-2H3,(H,17,18). The molecule has 1 rings (SSSR count). The van der Waals surface area contributed by atoms with Gasteiger partial charge in [-0.3, -0.25) is 4.79 Å². The molecular formula is C15H28N2O. The summed E-state index contributed by atoms with van der Waals surface area (Å²) in [6.45, 7) is 5.74. The summed E-state index contributed by atoms with van der Waals surface area (Å²) in [6.07, 6.45) is 8.66. The molecule has 1 atom stereocenters. The molecular weight excluding hydrogens is 224 g/mol. The Hall–Kier alpha value is -0.830. The summed E-state index contributed by atoms with van der Waals surface area (Å²) in [4.78, 5) is 11.8. The Morgan fingerprint density at radius 3 is 2.83 bits per heavy atom. The van der Waals surface area contributed by atoms with Gasteiger partial charge in [0.1, 0.15) is 0 Å². The van der Waals surface area contributed by atoms with Crippen molar-refractivity contribution in [2.24, 2.45) is 17.6 Å². The third-order valence-electron chi connectivity index (χ3n) is 3.52. The van der Waals surface area contributed by atoms with Crippen molar-refractivity contribution in [3.05, 3.63) is 11.6 Å². The summed E-state index contributed by atoms with van der Waals surface area (Å²) in [7, 11) is 0. The Balaban J connectivity index is 2.15. The summed E-state index contributed by atoms with van der Waals surface area (Å²) in [6, 6.07) is 0. The van der Waals surface area contributed by atoms with E-state index in [4.69, 9.17) is 5.73 Å². The first-order chi connectivity index (χ1) is 8.61. The second kappa shape index (κ2) is 8.30. The number of nitrogens with two attached hydrogens (primary N) is 1. The first-order valence-corrected chi connectivity index (χ1v) is 7.26. The summed E-state index contributed by atoms with van der Waals surface area (Å²) < 4.78 is 0. The van der Waals surface area contributed by atoms with E-state index in [-0.39, 0.29) is 5.91 Å². The van der Waals surface area contributed by atoms with Gasteiger partial charge in [-0.1, -0.05) is 25.5 Å². The topological polar surface area (TPSA) is 55.1 Å². The van der Waals surface area contributed by atoms with E-state index in [1.807, 2.05) is 0 Å². The minimum atomic E-state index is 0.157. The molecule has 1 aliphatic rings.